The number of carbonyl (C=O) groups excluding carboxylic acids is 2. The highest BCUT2D eigenvalue weighted by molar-refractivity contribution is 6.08. The molecular formula is C25H21F3N6O5. The van der Waals surface area contributed by atoms with Gasteiger partial charge in [-0.15, -0.1) is 0 Å². The van der Waals surface area contributed by atoms with Crippen LogP contribution in [0.4, 0.5) is 18.9 Å². The van der Waals surface area contributed by atoms with E-state index in [-0.39, 0.29) is 53.5 Å². The Bertz CT molecular complexity index is 1550. The molecular weight excluding hydrogens is 521 g/mol. The summed E-state index contributed by atoms with van der Waals surface area (Å²) >= 11 is 0. The standard InChI is InChI=1S/C17H13N5O5.C8H8F3N/c23-12-6-27-11-2-1-8(3-10(11)22-12)4-19-16(24)15-14-13(20-7-21-15)9(5-18-14)17(25)26;9-8(10,11)7-4-2-1-3-6(7)5-12/h1-3,5,7,18H,4,6H2,(H,19,24)(H,22,23)(H,25,26);1-4H,5,12H2. The lowest BCUT2D eigenvalue weighted by Gasteiger charge is -2.18. The number of H-pyrrole nitrogens is 1. The van der Waals surface area contributed by atoms with E-state index in [2.05, 4.69) is 25.6 Å². The number of nitrogens with zero attached hydrogens (tertiary/aromatic N) is 2. The number of aromatic carboxylic acids is 1. The summed E-state index contributed by atoms with van der Waals surface area (Å²) in [5.41, 5.74) is 6.34. The average Bonchev–Trinajstić information content (AvgIpc) is 3.36. The molecule has 0 saturated carbocycles. The number of aromatic nitrogens is 3. The number of ether oxygens (including phenoxy) is 1. The highest BCUT2D eigenvalue weighted by Gasteiger charge is 2.32. The molecule has 0 bridgehead atoms. The van der Waals surface area contributed by atoms with Gasteiger partial charge in [-0.3, -0.25) is 9.59 Å². The van der Waals surface area contributed by atoms with Crippen LogP contribution in [-0.4, -0.2) is 44.4 Å². The Morgan fingerprint density at radius 2 is 1.92 bits per heavy atom. The van der Waals surface area contributed by atoms with Gasteiger partial charge in [-0.05, 0) is 29.3 Å². The predicted molar refractivity (Wildman–Crippen MR) is 132 cm³/mol. The van der Waals surface area contributed by atoms with Crippen LogP contribution in [0.25, 0.3) is 11.0 Å². The molecule has 202 valence electrons. The van der Waals surface area contributed by atoms with Gasteiger partial charge in [0.25, 0.3) is 11.8 Å². The Kier molecular flexibility index (Phi) is 7.76. The number of carboxylic acid groups (broad SMARTS) is 1. The third kappa shape index (κ3) is 6.13. The van der Waals surface area contributed by atoms with Crippen molar-refractivity contribution in [1.29, 1.82) is 0 Å². The quantitative estimate of drug-likeness (QED) is 0.256. The number of halogens is 3. The molecule has 6 N–H and O–H groups in total. The van der Waals surface area contributed by atoms with E-state index in [1.165, 1.54) is 24.4 Å². The first-order valence-electron chi connectivity index (χ1n) is 11.3. The Labute approximate surface area is 218 Å². The molecule has 2 aromatic carbocycles. The first-order chi connectivity index (χ1) is 18.6. The number of rotatable bonds is 5. The van der Waals surface area contributed by atoms with Gasteiger partial charge in [0.2, 0.25) is 0 Å². The molecule has 14 heteroatoms. The average molecular weight is 542 g/mol. The highest BCUT2D eigenvalue weighted by atomic mass is 19.4. The number of carboxylic acids is 1. The SMILES string of the molecule is NCc1ccccc1C(F)(F)F.O=C1COc2ccc(CNC(=O)c3ncnc4c(C(=O)O)c[nH]c34)cc2N1. The molecule has 2 amide bonds. The Morgan fingerprint density at radius 1 is 1.15 bits per heavy atom. The molecule has 5 rings (SSSR count). The Morgan fingerprint density at radius 3 is 2.62 bits per heavy atom. The number of alkyl halides is 3. The summed E-state index contributed by atoms with van der Waals surface area (Å²) in [7, 11) is 0. The molecule has 3 heterocycles. The molecule has 0 atom stereocenters. The summed E-state index contributed by atoms with van der Waals surface area (Å²) in [5, 5.41) is 14.6. The maximum Gasteiger partial charge on any atom is 0.416 e. The number of carbonyl (C=O) groups is 3. The molecule has 2 aromatic heterocycles. The minimum absolute atomic E-state index is 0.0265. The number of hydrogen-bond acceptors (Lipinski definition) is 7. The maximum absolute atomic E-state index is 12.5. The van der Waals surface area contributed by atoms with Crippen molar-refractivity contribution in [2.45, 2.75) is 19.3 Å². The number of hydrogen-bond donors (Lipinski definition) is 5. The van der Waals surface area contributed by atoms with Gasteiger partial charge in [0.1, 0.15) is 23.2 Å². The van der Waals surface area contributed by atoms with Crippen molar-refractivity contribution in [3.63, 3.8) is 0 Å². The van der Waals surface area contributed by atoms with Crippen LogP contribution < -0.4 is 21.1 Å². The zero-order chi connectivity index (χ0) is 28.2. The number of nitrogens with one attached hydrogen (secondary N) is 3. The normalized spacial score (nSPS) is 12.5. The monoisotopic (exact) mass is 542 g/mol. The Balaban J connectivity index is 0.000000247. The minimum Gasteiger partial charge on any atom is -0.482 e. The van der Waals surface area contributed by atoms with Gasteiger partial charge in [0, 0.05) is 19.3 Å². The van der Waals surface area contributed by atoms with Crippen LogP contribution >= 0.6 is 0 Å². The number of nitrogens with two attached hydrogens (primary N) is 1. The van der Waals surface area contributed by atoms with E-state index in [0.29, 0.717) is 11.4 Å². The lowest BCUT2D eigenvalue weighted by Crippen LogP contribution is -2.26. The van der Waals surface area contributed by atoms with Crippen LogP contribution in [0.5, 0.6) is 5.75 Å². The summed E-state index contributed by atoms with van der Waals surface area (Å²) in [4.78, 5) is 45.7. The highest BCUT2D eigenvalue weighted by Crippen LogP contribution is 2.31. The van der Waals surface area contributed by atoms with Crippen LogP contribution in [0.2, 0.25) is 0 Å². The van der Waals surface area contributed by atoms with Gasteiger partial charge in [-0.2, -0.15) is 13.2 Å². The lowest BCUT2D eigenvalue weighted by molar-refractivity contribution is -0.138. The molecule has 0 fully saturated rings. The van der Waals surface area contributed by atoms with E-state index in [0.717, 1.165) is 18.0 Å². The summed E-state index contributed by atoms with van der Waals surface area (Å²) in [6.45, 7) is 0.0664. The molecule has 0 spiro atoms. The van der Waals surface area contributed by atoms with E-state index in [9.17, 15) is 27.6 Å². The van der Waals surface area contributed by atoms with Crippen LogP contribution in [0.15, 0.2) is 55.0 Å². The van der Waals surface area contributed by atoms with E-state index >= 15 is 0 Å². The van der Waals surface area contributed by atoms with Crippen LogP contribution in [0.1, 0.15) is 37.5 Å². The fraction of sp³-hybridized carbons (Fsp3) is 0.160. The van der Waals surface area contributed by atoms with Gasteiger partial charge in [0.15, 0.2) is 12.3 Å². The predicted octanol–water partition coefficient (Wildman–Crippen LogP) is 3.08. The molecule has 39 heavy (non-hydrogen) atoms. The van der Waals surface area contributed by atoms with Crippen molar-refractivity contribution in [1.82, 2.24) is 20.3 Å². The second-order valence-electron chi connectivity index (χ2n) is 8.16. The van der Waals surface area contributed by atoms with Crippen LogP contribution in [0, 0.1) is 0 Å². The molecule has 4 aromatic rings. The molecule has 1 aliphatic heterocycles. The number of fused-ring (bicyclic) bond motifs is 2. The van der Waals surface area contributed by atoms with Gasteiger partial charge in [-0.1, -0.05) is 24.3 Å². The topological polar surface area (TPSA) is 172 Å². The van der Waals surface area contributed by atoms with Gasteiger partial charge < -0.3 is 31.2 Å². The van der Waals surface area contributed by atoms with E-state index in [1.54, 1.807) is 18.2 Å². The van der Waals surface area contributed by atoms with E-state index in [1.807, 2.05) is 0 Å². The van der Waals surface area contributed by atoms with Crippen molar-refractivity contribution >= 4 is 34.5 Å². The van der Waals surface area contributed by atoms with Crippen molar-refractivity contribution < 1.29 is 37.4 Å². The summed E-state index contributed by atoms with van der Waals surface area (Å²) in [6.07, 6.45) is -1.89. The fourth-order valence-electron chi connectivity index (χ4n) is 3.76. The lowest BCUT2D eigenvalue weighted by atomic mass is 10.1. The van der Waals surface area contributed by atoms with Gasteiger partial charge >= 0.3 is 12.1 Å². The molecule has 1 aliphatic rings. The van der Waals surface area contributed by atoms with Crippen LogP contribution in [0.3, 0.4) is 0 Å². The smallest absolute Gasteiger partial charge is 0.416 e. The van der Waals surface area contributed by atoms with Crippen molar-refractivity contribution in [2.75, 3.05) is 11.9 Å². The summed E-state index contributed by atoms with van der Waals surface area (Å²) < 4.78 is 41.8. The van der Waals surface area contributed by atoms with Gasteiger partial charge in [-0.25, -0.2) is 14.8 Å². The third-order valence-corrected chi connectivity index (χ3v) is 5.58. The van der Waals surface area contributed by atoms with Gasteiger partial charge in [0.05, 0.1) is 16.8 Å². The first kappa shape index (κ1) is 27.1. The number of benzene rings is 2. The van der Waals surface area contributed by atoms with Crippen LogP contribution in [-0.2, 0) is 24.1 Å². The molecule has 0 radical (unpaired) electrons. The largest absolute Gasteiger partial charge is 0.482 e. The number of aromatic amines is 1. The Hall–Kier alpha value is -4.98. The zero-order valence-electron chi connectivity index (χ0n) is 20.0. The maximum atomic E-state index is 12.5. The second kappa shape index (κ2) is 11.2. The number of anilines is 1. The molecule has 0 unspecified atom stereocenters. The zero-order valence-corrected chi connectivity index (χ0v) is 20.0. The van der Waals surface area contributed by atoms with Crippen molar-refractivity contribution in [3.05, 3.63) is 82.9 Å². The van der Waals surface area contributed by atoms with E-state index in [4.69, 9.17) is 15.6 Å². The van der Waals surface area contributed by atoms with Crippen molar-refractivity contribution in [2.24, 2.45) is 5.73 Å². The van der Waals surface area contributed by atoms with Crippen molar-refractivity contribution in [3.8, 4) is 5.75 Å². The summed E-state index contributed by atoms with van der Waals surface area (Å²) in [6, 6.07) is 10.5. The second-order valence-corrected chi connectivity index (χ2v) is 8.16. The molecule has 11 nitrogen and oxygen atoms in total. The summed E-state index contributed by atoms with van der Waals surface area (Å²) in [5.74, 6) is -1.31. The third-order valence-electron chi connectivity index (χ3n) is 5.58. The number of amides is 2. The van der Waals surface area contributed by atoms with E-state index < -0.39 is 23.6 Å². The molecule has 0 saturated heterocycles. The molecule has 0 aliphatic carbocycles. The fourth-order valence-corrected chi connectivity index (χ4v) is 3.76. The first-order valence-corrected chi connectivity index (χ1v) is 11.3. The minimum atomic E-state index is -4.30.